The van der Waals surface area contributed by atoms with Gasteiger partial charge in [0.05, 0.1) is 23.8 Å². The summed E-state index contributed by atoms with van der Waals surface area (Å²) in [6.45, 7) is 7.80. The van der Waals surface area contributed by atoms with Gasteiger partial charge in [-0.25, -0.2) is 9.78 Å². The topological polar surface area (TPSA) is 126 Å². The van der Waals surface area contributed by atoms with Crippen LogP contribution >= 0.6 is 0 Å². The Balaban J connectivity index is 1.62. The van der Waals surface area contributed by atoms with E-state index in [1.165, 1.54) is 4.90 Å². The molecule has 1 aromatic carbocycles. The molecule has 4 rings (SSSR count). The van der Waals surface area contributed by atoms with Crippen LogP contribution in [0.5, 0.6) is 0 Å². The maximum absolute atomic E-state index is 13.7. The number of carbonyl (C=O) groups excluding carboxylic acids is 3. The third-order valence-electron chi connectivity index (χ3n) is 6.94. The zero-order valence-corrected chi connectivity index (χ0v) is 22.7. The Morgan fingerprint density at radius 3 is 2.39 bits per heavy atom. The van der Waals surface area contributed by atoms with Crippen LogP contribution in [0.15, 0.2) is 42.7 Å². The summed E-state index contributed by atoms with van der Waals surface area (Å²) in [6.07, 6.45) is 4.17. The van der Waals surface area contributed by atoms with Crippen molar-refractivity contribution in [1.82, 2.24) is 25.0 Å². The van der Waals surface area contributed by atoms with Gasteiger partial charge in [-0.3, -0.25) is 19.2 Å². The number of β-lactam (4-membered cyclic amide) rings is 1. The van der Waals surface area contributed by atoms with E-state index in [1.54, 1.807) is 37.2 Å². The van der Waals surface area contributed by atoms with Crippen molar-refractivity contribution in [2.24, 2.45) is 13.0 Å². The van der Waals surface area contributed by atoms with E-state index in [9.17, 15) is 14.4 Å². The minimum atomic E-state index is -0.973. The summed E-state index contributed by atoms with van der Waals surface area (Å²) >= 11 is 0. The molecule has 1 saturated heterocycles. The number of pyridine rings is 1. The lowest BCUT2D eigenvalue weighted by molar-refractivity contribution is -0.156. The lowest BCUT2D eigenvalue weighted by Gasteiger charge is -2.46. The predicted octanol–water partition coefficient (Wildman–Crippen LogP) is 3.22. The van der Waals surface area contributed by atoms with Crippen molar-refractivity contribution in [2.45, 2.75) is 52.6 Å². The summed E-state index contributed by atoms with van der Waals surface area (Å²) in [7, 11) is 3.37. The van der Waals surface area contributed by atoms with Gasteiger partial charge in [0, 0.05) is 26.0 Å². The first-order valence-corrected chi connectivity index (χ1v) is 12.7. The fourth-order valence-electron chi connectivity index (χ4n) is 5.15. The summed E-state index contributed by atoms with van der Waals surface area (Å²) in [5.41, 5.74) is 11.1. The number of amides is 4. The molecule has 38 heavy (non-hydrogen) atoms. The molecule has 3 N–H and O–H groups in total. The standard InChI is InChI=1S/C28H35N7O3/c1-7-23(20-9-16(2)8-17(3)10-20)32-28(38)35-25(27(37)34(6)21-14-30-33(5)15-21)22(26(35)36)12-19-11-18(4)31-24(29)13-19/h8-11,13-15,22-23,25H,7,12H2,1-6H3,(H2,29,31)(H,32,38)/t22-,23?,25+/m1/s1. The van der Waals surface area contributed by atoms with Gasteiger partial charge in [0.25, 0.3) is 5.91 Å². The quantitative estimate of drug-likeness (QED) is 0.464. The molecule has 1 unspecified atom stereocenters. The fraction of sp³-hybridized carbons (Fsp3) is 0.393. The number of nitrogens with two attached hydrogens (primary N) is 1. The number of aryl methyl sites for hydroxylation is 4. The Bertz CT molecular complexity index is 1340. The van der Waals surface area contributed by atoms with Crippen molar-refractivity contribution in [3.63, 3.8) is 0 Å². The van der Waals surface area contributed by atoms with Crippen molar-refractivity contribution >= 4 is 29.4 Å². The number of hydrogen-bond donors (Lipinski definition) is 2. The molecule has 0 aliphatic carbocycles. The van der Waals surface area contributed by atoms with Crippen LogP contribution in [0.2, 0.25) is 0 Å². The van der Waals surface area contributed by atoms with Crippen LogP contribution in [0.25, 0.3) is 0 Å². The molecule has 4 amide bonds. The molecular formula is C28H35N7O3. The monoisotopic (exact) mass is 517 g/mol. The molecule has 0 saturated carbocycles. The Morgan fingerprint density at radius 1 is 1.13 bits per heavy atom. The lowest BCUT2D eigenvalue weighted by Crippen LogP contribution is -2.70. The number of likely N-dealkylation sites (tertiary alicyclic amines) is 1. The third kappa shape index (κ3) is 5.39. The Kier molecular flexibility index (Phi) is 7.52. The molecule has 0 bridgehead atoms. The molecule has 200 valence electrons. The summed E-state index contributed by atoms with van der Waals surface area (Å²) in [5.74, 6) is -1.13. The van der Waals surface area contributed by atoms with Crippen LogP contribution in [0.3, 0.4) is 0 Å². The van der Waals surface area contributed by atoms with Crippen LogP contribution < -0.4 is 16.0 Å². The minimum absolute atomic E-state index is 0.266. The first-order chi connectivity index (χ1) is 18.0. The molecule has 3 aromatic rings. The zero-order valence-electron chi connectivity index (χ0n) is 22.7. The van der Waals surface area contributed by atoms with E-state index in [4.69, 9.17) is 5.73 Å². The molecule has 3 heterocycles. The average molecular weight is 518 g/mol. The van der Waals surface area contributed by atoms with Gasteiger partial charge in [0.1, 0.15) is 11.9 Å². The van der Waals surface area contributed by atoms with Gasteiger partial charge < -0.3 is 16.0 Å². The summed E-state index contributed by atoms with van der Waals surface area (Å²) in [6, 6.07) is 7.79. The highest BCUT2D eigenvalue weighted by Crippen LogP contribution is 2.33. The number of urea groups is 1. The number of aromatic nitrogens is 3. The van der Waals surface area contributed by atoms with Crippen molar-refractivity contribution in [3.8, 4) is 0 Å². The van der Waals surface area contributed by atoms with Crippen molar-refractivity contribution in [3.05, 3.63) is 70.7 Å². The van der Waals surface area contributed by atoms with E-state index in [0.29, 0.717) is 17.9 Å². The fourth-order valence-corrected chi connectivity index (χ4v) is 5.15. The van der Waals surface area contributed by atoms with Gasteiger partial charge in [0.2, 0.25) is 5.91 Å². The van der Waals surface area contributed by atoms with Crippen molar-refractivity contribution < 1.29 is 14.4 Å². The number of imide groups is 1. The van der Waals surface area contributed by atoms with E-state index in [-0.39, 0.29) is 18.4 Å². The Morgan fingerprint density at radius 2 is 1.82 bits per heavy atom. The average Bonchev–Trinajstić information content (AvgIpc) is 3.28. The number of nitrogen functional groups attached to an aromatic ring is 1. The van der Waals surface area contributed by atoms with Gasteiger partial charge >= 0.3 is 6.03 Å². The first-order valence-electron chi connectivity index (χ1n) is 12.7. The number of benzene rings is 1. The minimum Gasteiger partial charge on any atom is -0.384 e. The molecule has 1 aliphatic heterocycles. The highest BCUT2D eigenvalue weighted by Gasteiger charge is 2.55. The van der Waals surface area contributed by atoms with Gasteiger partial charge in [-0.2, -0.15) is 5.10 Å². The van der Waals surface area contributed by atoms with Crippen molar-refractivity contribution in [1.29, 1.82) is 0 Å². The number of carbonyl (C=O) groups is 3. The van der Waals surface area contributed by atoms with E-state index < -0.39 is 23.9 Å². The normalized spacial score (nSPS) is 17.6. The molecule has 0 spiro atoms. The molecule has 1 fully saturated rings. The van der Waals surface area contributed by atoms with Gasteiger partial charge in [-0.15, -0.1) is 0 Å². The Labute approximate surface area is 222 Å². The third-order valence-corrected chi connectivity index (χ3v) is 6.94. The molecule has 3 atom stereocenters. The Hall–Kier alpha value is -4.21. The van der Waals surface area contributed by atoms with E-state index in [2.05, 4.69) is 21.5 Å². The number of likely N-dealkylation sites (N-methyl/N-ethyl adjacent to an activating group) is 1. The van der Waals surface area contributed by atoms with Crippen LogP contribution in [0.4, 0.5) is 16.3 Å². The molecule has 10 nitrogen and oxygen atoms in total. The number of hydrogen-bond acceptors (Lipinski definition) is 6. The molecular weight excluding hydrogens is 482 g/mol. The van der Waals surface area contributed by atoms with Gasteiger partial charge in [0.15, 0.2) is 0 Å². The summed E-state index contributed by atoms with van der Waals surface area (Å²) in [5, 5.41) is 7.13. The highest BCUT2D eigenvalue weighted by molar-refractivity contribution is 6.12. The van der Waals surface area contributed by atoms with Gasteiger partial charge in [-0.05, 0) is 56.9 Å². The smallest absolute Gasteiger partial charge is 0.325 e. The lowest BCUT2D eigenvalue weighted by atomic mass is 9.81. The second-order valence-corrected chi connectivity index (χ2v) is 10.1. The maximum Gasteiger partial charge on any atom is 0.325 e. The SMILES string of the molecule is CCC(NC(=O)N1C(=O)[C@H](Cc2cc(C)nc(N)c2)[C@H]1C(=O)N(C)c1cnn(C)c1)c1cc(C)cc(C)c1. The summed E-state index contributed by atoms with van der Waals surface area (Å²) in [4.78, 5) is 47.3. The largest absolute Gasteiger partial charge is 0.384 e. The second kappa shape index (κ2) is 10.6. The molecule has 0 radical (unpaired) electrons. The van der Waals surface area contributed by atoms with Crippen LogP contribution in [0.1, 0.15) is 47.3 Å². The molecule has 10 heteroatoms. The zero-order chi connectivity index (χ0) is 27.7. The van der Waals surface area contributed by atoms with E-state index >= 15 is 0 Å². The van der Waals surface area contributed by atoms with Crippen molar-refractivity contribution in [2.75, 3.05) is 17.7 Å². The number of anilines is 2. The first kappa shape index (κ1) is 26.8. The van der Waals surface area contributed by atoms with Gasteiger partial charge in [-0.1, -0.05) is 36.2 Å². The number of nitrogens with one attached hydrogen (secondary N) is 1. The maximum atomic E-state index is 13.7. The second-order valence-electron chi connectivity index (χ2n) is 10.1. The van der Waals surface area contributed by atoms with Crippen LogP contribution in [-0.4, -0.2) is 50.6 Å². The van der Waals surface area contributed by atoms with E-state index in [0.717, 1.165) is 32.8 Å². The van der Waals surface area contributed by atoms with E-state index in [1.807, 2.05) is 45.9 Å². The number of nitrogens with zero attached hydrogens (tertiary/aromatic N) is 5. The number of rotatable bonds is 7. The van der Waals surface area contributed by atoms with Crippen LogP contribution in [0, 0.1) is 26.7 Å². The molecule has 2 aromatic heterocycles. The summed E-state index contributed by atoms with van der Waals surface area (Å²) < 4.78 is 1.59. The predicted molar refractivity (Wildman–Crippen MR) is 145 cm³/mol. The van der Waals surface area contributed by atoms with Crippen LogP contribution in [-0.2, 0) is 23.1 Å². The molecule has 1 aliphatic rings. The highest BCUT2D eigenvalue weighted by atomic mass is 16.2.